The van der Waals surface area contributed by atoms with Crippen LogP contribution in [0.5, 0.6) is 5.75 Å². The van der Waals surface area contributed by atoms with Gasteiger partial charge in [-0.2, -0.15) is 0 Å². The van der Waals surface area contributed by atoms with Gasteiger partial charge in [0.15, 0.2) is 0 Å². The lowest BCUT2D eigenvalue weighted by molar-refractivity contribution is 0.352. The first-order chi connectivity index (χ1) is 10.2. The molecule has 1 aliphatic rings. The van der Waals surface area contributed by atoms with Crippen LogP contribution in [0, 0.1) is 6.92 Å². The molecule has 0 unspecified atom stereocenters. The Kier molecular flexibility index (Phi) is 4.61. The third kappa shape index (κ3) is 3.47. The Morgan fingerprint density at radius 2 is 2.05 bits per heavy atom. The standard InChI is InChI=1S/C18H20BrNO/c1-13-4-2-3-5-14(13)6-8-20-12-16-11-17(19)10-15-7-9-21-18(15)16/h2-5,10-11,20H,6-9,12H2,1H3. The molecule has 0 amide bonds. The monoisotopic (exact) mass is 345 g/mol. The average molecular weight is 346 g/mol. The van der Waals surface area contributed by atoms with Gasteiger partial charge in [-0.15, -0.1) is 0 Å². The topological polar surface area (TPSA) is 21.3 Å². The highest BCUT2D eigenvalue weighted by atomic mass is 79.9. The number of nitrogens with one attached hydrogen (secondary N) is 1. The van der Waals surface area contributed by atoms with E-state index in [1.165, 1.54) is 22.3 Å². The van der Waals surface area contributed by atoms with Crippen molar-refractivity contribution in [1.82, 2.24) is 5.32 Å². The van der Waals surface area contributed by atoms with Gasteiger partial charge in [-0.05, 0) is 48.7 Å². The third-order valence-electron chi connectivity index (χ3n) is 3.97. The number of aryl methyl sites for hydroxylation is 1. The fraction of sp³-hybridized carbons (Fsp3) is 0.333. The molecule has 2 aromatic rings. The van der Waals surface area contributed by atoms with Crippen molar-refractivity contribution in [3.05, 3.63) is 63.1 Å². The molecule has 3 heteroatoms. The van der Waals surface area contributed by atoms with E-state index in [0.29, 0.717) is 0 Å². The molecule has 2 aromatic carbocycles. The second-order valence-electron chi connectivity index (χ2n) is 5.50. The van der Waals surface area contributed by atoms with E-state index in [4.69, 9.17) is 4.74 Å². The van der Waals surface area contributed by atoms with Crippen molar-refractivity contribution in [3.8, 4) is 5.75 Å². The van der Waals surface area contributed by atoms with Crippen LogP contribution in [0.2, 0.25) is 0 Å². The van der Waals surface area contributed by atoms with E-state index in [1.807, 2.05) is 0 Å². The molecule has 2 nitrogen and oxygen atoms in total. The fourth-order valence-electron chi connectivity index (χ4n) is 2.81. The minimum absolute atomic E-state index is 0.808. The highest BCUT2D eigenvalue weighted by Crippen LogP contribution is 2.32. The Balaban J connectivity index is 1.58. The molecule has 1 aliphatic heterocycles. The van der Waals surface area contributed by atoms with Crippen LogP contribution >= 0.6 is 15.9 Å². The largest absolute Gasteiger partial charge is 0.493 e. The van der Waals surface area contributed by atoms with Crippen LogP contribution in [-0.4, -0.2) is 13.2 Å². The predicted molar refractivity (Wildman–Crippen MR) is 89.9 cm³/mol. The number of hydrogen-bond acceptors (Lipinski definition) is 2. The van der Waals surface area contributed by atoms with E-state index >= 15 is 0 Å². The van der Waals surface area contributed by atoms with Crippen LogP contribution in [0.25, 0.3) is 0 Å². The van der Waals surface area contributed by atoms with Crippen molar-refractivity contribution >= 4 is 15.9 Å². The van der Waals surface area contributed by atoms with E-state index in [-0.39, 0.29) is 0 Å². The SMILES string of the molecule is Cc1ccccc1CCNCc1cc(Br)cc2c1OCC2. The van der Waals surface area contributed by atoms with E-state index in [9.17, 15) is 0 Å². The zero-order valence-electron chi connectivity index (χ0n) is 12.3. The molecule has 1 heterocycles. The maximum absolute atomic E-state index is 5.76. The van der Waals surface area contributed by atoms with Gasteiger partial charge in [0.1, 0.15) is 5.75 Å². The first-order valence-electron chi connectivity index (χ1n) is 7.43. The second kappa shape index (κ2) is 6.63. The van der Waals surface area contributed by atoms with Crippen molar-refractivity contribution in [2.75, 3.05) is 13.2 Å². The highest BCUT2D eigenvalue weighted by Gasteiger charge is 2.16. The smallest absolute Gasteiger partial charge is 0.127 e. The zero-order valence-corrected chi connectivity index (χ0v) is 13.9. The molecular formula is C18H20BrNO. The molecule has 21 heavy (non-hydrogen) atoms. The lowest BCUT2D eigenvalue weighted by Crippen LogP contribution is -2.17. The molecule has 0 radical (unpaired) electrons. The molecule has 0 fully saturated rings. The van der Waals surface area contributed by atoms with Gasteiger partial charge >= 0.3 is 0 Å². The Labute approximate surface area is 134 Å². The van der Waals surface area contributed by atoms with Gasteiger partial charge in [-0.3, -0.25) is 0 Å². The Hall–Kier alpha value is -1.32. The molecule has 0 bridgehead atoms. The Morgan fingerprint density at radius 3 is 2.90 bits per heavy atom. The summed E-state index contributed by atoms with van der Waals surface area (Å²) in [5, 5.41) is 3.53. The van der Waals surface area contributed by atoms with Gasteiger partial charge in [0.25, 0.3) is 0 Å². The average Bonchev–Trinajstić information content (AvgIpc) is 2.93. The molecule has 0 atom stereocenters. The zero-order chi connectivity index (χ0) is 14.7. The number of benzene rings is 2. The van der Waals surface area contributed by atoms with E-state index in [0.717, 1.165) is 42.8 Å². The Bertz CT molecular complexity index is 639. The predicted octanol–water partition coefficient (Wildman–Crippen LogP) is 4.02. The first kappa shape index (κ1) is 14.6. The minimum Gasteiger partial charge on any atom is -0.493 e. The summed E-state index contributed by atoms with van der Waals surface area (Å²) in [6.07, 6.45) is 2.08. The molecular weight excluding hydrogens is 326 g/mol. The van der Waals surface area contributed by atoms with Crippen molar-refractivity contribution in [3.63, 3.8) is 0 Å². The fourth-order valence-corrected chi connectivity index (χ4v) is 3.37. The maximum Gasteiger partial charge on any atom is 0.127 e. The summed E-state index contributed by atoms with van der Waals surface area (Å²) < 4.78 is 6.90. The third-order valence-corrected chi connectivity index (χ3v) is 4.43. The number of rotatable bonds is 5. The minimum atomic E-state index is 0.808. The summed E-state index contributed by atoms with van der Waals surface area (Å²) in [7, 11) is 0. The summed E-state index contributed by atoms with van der Waals surface area (Å²) in [4.78, 5) is 0. The normalized spacial score (nSPS) is 13.0. The van der Waals surface area contributed by atoms with Gasteiger partial charge in [0.05, 0.1) is 6.61 Å². The van der Waals surface area contributed by atoms with Crippen LogP contribution in [0.1, 0.15) is 22.3 Å². The van der Waals surface area contributed by atoms with Gasteiger partial charge < -0.3 is 10.1 Å². The van der Waals surface area contributed by atoms with Crippen LogP contribution < -0.4 is 10.1 Å². The van der Waals surface area contributed by atoms with Crippen molar-refractivity contribution in [2.24, 2.45) is 0 Å². The number of halogens is 1. The number of fused-ring (bicyclic) bond motifs is 1. The Morgan fingerprint density at radius 1 is 1.19 bits per heavy atom. The highest BCUT2D eigenvalue weighted by molar-refractivity contribution is 9.10. The molecule has 110 valence electrons. The van der Waals surface area contributed by atoms with E-state index in [1.54, 1.807) is 0 Å². The van der Waals surface area contributed by atoms with Crippen molar-refractivity contribution in [1.29, 1.82) is 0 Å². The molecule has 0 saturated heterocycles. The van der Waals surface area contributed by atoms with Crippen molar-refractivity contribution < 1.29 is 4.74 Å². The van der Waals surface area contributed by atoms with Crippen LogP contribution in [0.4, 0.5) is 0 Å². The summed E-state index contributed by atoms with van der Waals surface area (Å²) in [6.45, 7) is 4.81. The van der Waals surface area contributed by atoms with Crippen molar-refractivity contribution in [2.45, 2.75) is 26.3 Å². The second-order valence-corrected chi connectivity index (χ2v) is 6.42. The van der Waals surface area contributed by atoms with Crippen LogP contribution in [0.15, 0.2) is 40.9 Å². The van der Waals surface area contributed by atoms with Gasteiger partial charge in [0, 0.05) is 23.0 Å². The van der Waals surface area contributed by atoms with E-state index < -0.39 is 0 Å². The molecule has 0 aliphatic carbocycles. The summed E-state index contributed by atoms with van der Waals surface area (Å²) >= 11 is 3.59. The molecule has 0 aromatic heterocycles. The number of hydrogen-bond donors (Lipinski definition) is 1. The summed E-state index contributed by atoms with van der Waals surface area (Å²) in [6, 6.07) is 12.9. The van der Waals surface area contributed by atoms with Crippen LogP contribution in [-0.2, 0) is 19.4 Å². The molecule has 3 rings (SSSR count). The quantitative estimate of drug-likeness (QED) is 0.826. The maximum atomic E-state index is 5.76. The summed E-state index contributed by atoms with van der Waals surface area (Å²) in [5.41, 5.74) is 5.36. The van der Waals surface area contributed by atoms with Crippen LogP contribution in [0.3, 0.4) is 0 Å². The molecule has 0 spiro atoms. The van der Waals surface area contributed by atoms with E-state index in [2.05, 4.69) is 64.6 Å². The summed E-state index contributed by atoms with van der Waals surface area (Å²) in [5.74, 6) is 1.08. The lowest BCUT2D eigenvalue weighted by Gasteiger charge is -2.11. The number of ether oxygens (including phenoxy) is 1. The molecule has 1 N–H and O–H groups in total. The van der Waals surface area contributed by atoms with Gasteiger partial charge in [-0.25, -0.2) is 0 Å². The lowest BCUT2D eigenvalue weighted by atomic mass is 10.1. The molecule has 0 saturated carbocycles. The van der Waals surface area contributed by atoms with Gasteiger partial charge in [0.2, 0.25) is 0 Å². The first-order valence-corrected chi connectivity index (χ1v) is 8.22. The van der Waals surface area contributed by atoms with Gasteiger partial charge in [-0.1, -0.05) is 40.2 Å².